The normalized spacial score (nSPS) is 13.8. The molecule has 3 aromatic rings. The van der Waals surface area contributed by atoms with Gasteiger partial charge in [0.1, 0.15) is 0 Å². The van der Waals surface area contributed by atoms with E-state index in [-0.39, 0.29) is 5.91 Å². The van der Waals surface area contributed by atoms with E-state index in [1.165, 1.54) is 0 Å². The van der Waals surface area contributed by atoms with Crippen LogP contribution in [0.5, 0.6) is 0 Å². The summed E-state index contributed by atoms with van der Waals surface area (Å²) >= 11 is 0. The zero-order valence-electron chi connectivity index (χ0n) is 17.7. The number of carbonyl (C=O) groups excluding carboxylic acids is 1. The molecule has 5 heteroatoms. The summed E-state index contributed by atoms with van der Waals surface area (Å²) in [5.41, 5.74) is 4.55. The molecule has 1 aliphatic rings. The van der Waals surface area contributed by atoms with Crippen molar-refractivity contribution < 1.29 is 4.79 Å². The van der Waals surface area contributed by atoms with Crippen LogP contribution in [0.15, 0.2) is 36.4 Å². The minimum Gasteiger partial charge on any atom is -0.339 e. The van der Waals surface area contributed by atoms with Crippen LogP contribution in [0.4, 0.5) is 0 Å². The van der Waals surface area contributed by atoms with Crippen molar-refractivity contribution >= 4 is 16.9 Å². The van der Waals surface area contributed by atoms with Gasteiger partial charge in [0.25, 0.3) is 5.91 Å². The van der Waals surface area contributed by atoms with Crippen LogP contribution in [0.1, 0.15) is 74.1 Å². The van der Waals surface area contributed by atoms with Crippen molar-refractivity contribution in [3.8, 4) is 5.69 Å². The first-order chi connectivity index (χ1) is 14.2. The fraction of sp³-hybridized carbons (Fsp3) is 0.458. The summed E-state index contributed by atoms with van der Waals surface area (Å²) in [6, 6.07) is 12.1. The Morgan fingerprint density at radius 1 is 1.10 bits per heavy atom. The van der Waals surface area contributed by atoms with Gasteiger partial charge in [0.15, 0.2) is 5.65 Å². The summed E-state index contributed by atoms with van der Waals surface area (Å²) in [5, 5.41) is 5.93. The van der Waals surface area contributed by atoms with Crippen molar-refractivity contribution in [3.05, 3.63) is 53.3 Å². The van der Waals surface area contributed by atoms with Gasteiger partial charge in [-0.3, -0.25) is 4.79 Å². The van der Waals surface area contributed by atoms with Crippen molar-refractivity contribution in [1.29, 1.82) is 0 Å². The highest BCUT2D eigenvalue weighted by Gasteiger charge is 2.33. The molecule has 29 heavy (non-hydrogen) atoms. The minimum atomic E-state index is 0.116. The molecule has 0 unspecified atom stereocenters. The molecule has 0 atom stereocenters. The predicted molar refractivity (Wildman–Crippen MR) is 117 cm³/mol. The third-order valence-electron chi connectivity index (χ3n) is 5.55. The summed E-state index contributed by atoms with van der Waals surface area (Å²) in [4.78, 5) is 20.5. The Hall–Kier alpha value is -2.69. The highest BCUT2D eigenvalue weighted by Crippen LogP contribution is 2.43. The summed E-state index contributed by atoms with van der Waals surface area (Å²) in [6.45, 7) is 7.90. The summed E-state index contributed by atoms with van der Waals surface area (Å²) in [6.07, 6.45) is 4.98. The summed E-state index contributed by atoms with van der Waals surface area (Å²) < 4.78 is 1.93. The lowest BCUT2D eigenvalue weighted by Crippen LogP contribution is -2.32. The standard InChI is InChI=1S/C24H30N4O/c1-4-14-27(15-5-2)24(29)20-16-18(6-3)25-23-21(20)22(17-12-13-17)26-28(23)19-10-8-7-9-11-19/h7-11,16-17H,4-6,12-15H2,1-3H3. The quantitative estimate of drug-likeness (QED) is 0.536. The van der Waals surface area contributed by atoms with Gasteiger partial charge in [-0.15, -0.1) is 0 Å². The van der Waals surface area contributed by atoms with E-state index in [1.807, 2.05) is 46.0 Å². The van der Waals surface area contributed by atoms with Crippen LogP contribution in [0.2, 0.25) is 0 Å². The molecule has 4 rings (SSSR count). The van der Waals surface area contributed by atoms with Gasteiger partial charge in [0.05, 0.1) is 22.3 Å². The molecule has 0 saturated heterocycles. The Bertz CT molecular complexity index is 999. The van der Waals surface area contributed by atoms with Crippen molar-refractivity contribution in [1.82, 2.24) is 19.7 Å². The molecule has 1 aromatic carbocycles. The van der Waals surface area contributed by atoms with Gasteiger partial charge >= 0.3 is 0 Å². The van der Waals surface area contributed by atoms with Gasteiger partial charge in [-0.25, -0.2) is 9.67 Å². The molecular formula is C24H30N4O. The fourth-order valence-electron chi connectivity index (χ4n) is 3.96. The van der Waals surface area contributed by atoms with Crippen LogP contribution in [0, 0.1) is 0 Å². The Kier molecular flexibility index (Phi) is 5.65. The van der Waals surface area contributed by atoms with Crippen LogP contribution in [-0.2, 0) is 6.42 Å². The topological polar surface area (TPSA) is 51.0 Å². The maximum absolute atomic E-state index is 13.6. The first-order valence-corrected chi connectivity index (χ1v) is 10.9. The highest BCUT2D eigenvalue weighted by atomic mass is 16.2. The van der Waals surface area contributed by atoms with Crippen LogP contribution in [-0.4, -0.2) is 38.7 Å². The van der Waals surface area contributed by atoms with E-state index in [9.17, 15) is 4.79 Å². The van der Waals surface area contributed by atoms with Gasteiger partial charge < -0.3 is 4.90 Å². The maximum Gasteiger partial charge on any atom is 0.254 e. The smallest absolute Gasteiger partial charge is 0.254 e. The number of aromatic nitrogens is 3. The number of fused-ring (bicyclic) bond motifs is 1. The number of benzene rings is 1. The molecule has 0 radical (unpaired) electrons. The van der Waals surface area contributed by atoms with Crippen LogP contribution in [0.3, 0.4) is 0 Å². The number of hydrogen-bond acceptors (Lipinski definition) is 3. The van der Waals surface area contributed by atoms with Gasteiger partial charge in [0, 0.05) is 24.7 Å². The SMILES string of the molecule is CCCN(CCC)C(=O)c1cc(CC)nc2c1c(C1CC1)nn2-c1ccccc1. The number of aryl methyl sites for hydroxylation is 1. The molecular weight excluding hydrogens is 360 g/mol. The molecule has 1 fully saturated rings. The molecule has 2 aromatic heterocycles. The van der Waals surface area contributed by atoms with Crippen molar-refractivity contribution in [2.24, 2.45) is 0 Å². The van der Waals surface area contributed by atoms with Gasteiger partial charge in [0.2, 0.25) is 0 Å². The monoisotopic (exact) mass is 390 g/mol. The number of hydrogen-bond donors (Lipinski definition) is 0. The number of carbonyl (C=O) groups is 1. The van der Waals surface area contributed by atoms with E-state index in [0.29, 0.717) is 5.92 Å². The zero-order chi connectivity index (χ0) is 20.4. The van der Waals surface area contributed by atoms with E-state index in [1.54, 1.807) is 0 Å². The van der Waals surface area contributed by atoms with E-state index in [0.717, 1.165) is 78.9 Å². The number of nitrogens with zero attached hydrogens (tertiary/aromatic N) is 4. The average molecular weight is 391 g/mol. The molecule has 5 nitrogen and oxygen atoms in total. The van der Waals surface area contributed by atoms with Gasteiger partial charge in [-0.1, -0.05) is 39.0 Å². The average Bonchev–Trinajstić information content (AvgIpc) is 3.53. The molecule has 1 amide bonds. The van der Waals surface area contributed by atoms with E-state index in [2.05, 4.69) is 20.8 Å². The third kappa shape index (κ3) is 3.78. The largest absolute Gasteiger partial charge is 0.339 e. The van der Waals surface area contributed by atoms with Gasteiger partial charge in [-0.2, -0.15) is 5.10 Å². The van der Waals surface area contributed by atoms with Crippen LogP contribution >= 0.6 is 0 Å². The third-order valence-corrected chi connectivity index (χ3v) is 5.55. The van der Waals surface area contributed by atoms with Crippen LogP contribution in [0.25, 0.3) is 16.7 Å². The van der Waals surface area contributed by atoms with Crippen molar-refractivity contribution in [2.75, 3.05) is 13.1 Å². The Balaban J connectivity index is 1.94. The lowest BCUT2D eigenvalue weighted by atomic mass is 10.0. The number of rotatable bonds is 8. The molecule has 152 valence electrons. The first kappa shape index (κ1) is 19.6. The minimum absolute atomic E-state index is 0.116. The van der Waals surface area contributed by atoms with Crippen molar-refractivity contribution in [2.45, 2.75) is 58.8 Å². The highest BCUT2D eigenvalue weighted by molar-refractivity contribution is 6.07. The molecule has 0 aliphatic heterocycles. The Labute approximate surface area is 172 Å². The molecule has 0 N–H and O–H groups in total. The Morgan fingerprint density at radius 2 is 1.79 bits per heavy atom. The zero-order valence-corrected chi connectivity index (χ0v) is 17.7. The Morgan fingerprint density at radius 3 is 2.38 bits per heavy atom. The van der Waals surface area contributed by atoms with Crippen LogP contribution < -0.4 is 0 Å². The lowest BCUT2D eigenvalue weighted by Gasteiger charge is -2.22. The van der Waals surface area contributed by atoms with E-state index >= 15 is 0 Å². The number of pyridine rings is 1. The molecule has 1 aliphatic carbocycles. The second-order valence-corrected chi connectivity index (χ2v) is 7.91. The molecule has 0 spiro atoms. The molecule has 1 saturated carbocycles. The molecule has 2 heterocycles. The summed E-state index contributed by atoms with van der Waals surface area (Å²) in [5.74, 6) is 0.555. The first-order valence-electron chi connectivity index (χ1n) is 10.9. The second kappa shape index (κ2) is 8.36. The number of amides is 1. The van der Waals surface area contributed by atoms with Crippen molar-refractivity contribution in [3.63, 3.8) is 0 Å². The predicted octanol–water partition coefficient (Wildman–Crippen LogP) is 5.12. The van der Waals surface area contributed by atoms with Gasteiger partial charge in [-0.05, 0) is 50.3 Å². The second-order valence-electron chi connectivity index (χ2n) is 7.91. The van der Waals surface area contributed by atoms with E-state index < -0.39 is 0 Å². The molecule has 0 bridgehead atoms. The maximum atomic E-state index is 13.6. The fourth-order valence-corrected chi connectivity index (χ4v) is 3.96. The van der Waals surface area contributed by atoms with E-state index in [4.69, 9.17) is 10.1 Å². The summed E-state index contributed by atoms with van der Waals surface area (Å²) in [7, 11) is 0. The number of para-hydroxylation sites is 1. The lowest BCUT2D eigenvalue weighted by molar-refractivity contribution is 0.0757.